The number of alkyl halides is 4. The fourth-order valence-electron chi connectivity index (χ4n) is 0.981. The topological polar surface area (TPSA) is 44.1 Å². The first kappa shape index (κ1) is 13.0. The average Bonchev–Trinajstić information content (AvgIpc) is 2.64. The molecule has 0 aliphatic heterocycles. The molecule has 0 aromatic carbocycles. The molecule has 0 radical (unpaired) electrons. The second-order valence-corrected chi connectivity index (χ2v) is 4.02. The molecule has 1 heterocycles. The fourth-order valence-corrected chi connectivity index (χ4v) is 1.46. The standard InChI is InChI=1S/C8H8BrF3N2O2/c1-16-7(15)5(9)4-14-3-2-6(13-14)8(10,11)12/h2-3,5H,4H2,1H3. The predicted octanol–water partition coefficient (Wildman–Crippen LogP) is 1.84. The van der Waals surface area contributed by atoms with E-state index in [9.17, 15) is 18.0 Å². The van der Waals surface area contributed by atoms with Gasteiger partial charge in [-0.05, 0) is 6.07 Å². The first-order chi connectivity index (χ1) is 7.34. The summed E-state index contributed by atoms with van der Waals surface area (Å²) in [6.07, 6.45) is -3.32. The van der Waals surface area contributed by atoms with Gasteiger partial charge in [-0.25, -0.2) is 0 Å². The van der Waals surface area contributed by atoms with Gasteiger partial charge in [-0.1, -0.05) is 15.9 Å². The zero-order chi connectivity index (χ0) is 12.3. The number of aromatic nitrogens is 2. The smallest absolute Gasteiger partial charge is 0.435 e. The molecule has 0 N–H and O–H groups in total. The van der Waals surface area contributed by atoms with Crippen molar-refractivity contribution >= 4 is 21.9 Å². The van der Waals surface area contributed by atoms with Crippen LogP contribution in [0.1, 0.15) is 5.69 Å². The van der Waals surface area contributed by atoms with Crippen LogP contribution in [0.25, 0.3) is 0 Å². The lowest BCUT2D eigenvalue weighted by Crippen LogP contribution is -2.22. The van der Waals surface area contributed by atoms with Crippen molar-refractivity contribution in [3.63, 3.8) is 0 Å². The van der Waals surface area contributed by atoms with Gasteiger partial charge in [0, 0.05) is 6.20 Å². The Bertz CT molecular complexity index is 378. The molecule has 4 nitrogen and oxygen atoms in total. The average molecular weight is 301 g/mol. The van der Waals surface area contributed by atoms with E-state index in [4.69, 9.17) is 0 Å². The summed E-state index contributed by atoms with van der Waals surface area (Å²) < 4.78 is 42.0. The number of esters is 1. The molecule has 0 fully saturated rings. The molecule has 0 aliphatic rings. The maximum atomic E-state index is 12.2. The largest absolute Gasteiger partial charge is 0.468 e. The molecule has 1 aromatic heterocycles. The Labute approximate surface area is 97.5 Å². The van der Waals surface area contributed by atoms with Crippen molar-refractivity contribution in [1.82, 2.24) is 9.78 Å². The molecule has 1 aromatic rings. The van der Waals surface area contributed by atoms with Gasteiger partial charge in [0.2, 0.25) is 0 Å². The molecule has 1 rings (SSSR count). The maximum absolute atomic E-state index is 12.2. The van der Waals surface area contributed by atoms with Crippen molar-refractivity contribution < 1.29 is 22.7 Å². The number of carbonyl (C=O) groups excluding carboxylic acids is 1. The third-order valence-corrected chi connectivity index (χ3v) is 2.40. The Morgan fingerprint density at radius 1 is 1.69 bits per heavy atom. The molecule has 90 valence electrons. The van der Waals surface area contributed by atoms with Crippen molar-refractivity contribution in [3.05, 3.63) is 18.0 Å². The van der Waals surface area contributed by atoms with Crippen molar-refractivity contribution in [2.24, 2.45) is 0 Å². The van der Waals surface area contributed by atoms with Crippen molar-refractivity contribution in [2.75, 3.05) is 7.11 Å². The highest BCUT2D eigenvalue weighted by molar-refractivity contribution is 9.10. The third kappa shape index (κ3) is 3.22. The minimum Gasteiger partial charge on any atom is -0.468 e. The van der Waals surface area contributed by atoms with Crippen LogP contribution in [0.4, 0.5) is 13.2 Å². The molecule has 0 spiro atoms. The Hall–Kier alpha value is -1.05. The number of methoxy groups -OCH3 is 1. The van der Waals surface area contributed by atoms with E-state index in [1.54, 1.807) is 0 Å². The van der Waals surface area contributed by atoms with E-state index in [1.165, 1.54) is 7.11 Å². The fraction of sp³-hybridized carbons (Fsp3) is 0.500. The van der Waals surface area contributed by atoms with E-state index in [1.807, 2.05) is 0 Å². The molecule has 0 amide bonds. The van der Waals surface area contributed by atoms with Gasteiger partial charge < -0.3 is 4.74 Å². The molecule has 0 saturated heterocycles. The normalized spacial score (nSPS) is 13.6. The number of hydrogen-bond donors (Lipinski definition) is 0. The van der Waals surface area contributed by atoms with E-state index >= 15 is 0 Å². The van der Waals surface area contributed by atoms with Crippen molar-refractivity contribution in [2.45, 2.75) is 17.5 Å². The second-order valence-electron chi connectivity index (χ2n) is 2.91. The molecule has 16 heavy (non-hydrogen) atoms. The monoisotopic (exact) mass is 300 g/mol. The lowest BCUT2D eigenvalue weighted by molar-refractivity contribution is -0.141. The Balaban J connectivity index is 2.69. The van der Waals surface area contributed by atoms with Gasteiger partial charge in [0.05, 0.1) is 13.7 Å². The summed E-state index contributed by atoms with van der Waals surface area (Å²) in [6.45, 7) is -0.0250. The zero-order valence-electron chi connectivity index (χ0n) is 8.16. The van der Waals surface area contributed by atoms with Crippen LogP contribution in [0.5, 0.6) is 0 Å². The summed E-state index contributed by atoms with van der Waals surface area (Å²) in [7, 11) is 1.20. The molecular weight excluding hydrogens is 293 g/mol. The van der Waals surface area contributed by atoms with Crippen molar-refractivity contribution in [3.8, 4) is 0 Å². The van der Waals surface area contributed by atoms with Crippen LogP contribution in [-0.4, -0.2) is 27.7 Å². The number of ether oxygens (including phenoxy) is 1. The summed E-state index contributed by atoms with van der Waals surface area (Å²) in [5.41, 5.74) is -0.989. The van der Waals surface area contributed by atoms with E-state index in [-0.39, 0.29) is 6.54 Å². The SMILES string of the molecule is COC(=O)C(Br)Cn1ccc(C(F)(F)F)n1. The minimum absolute atomic E-state index is 0.0250. The van der Waals surface area contributed by atoms with Crippen LogP contribution < -0.4 is 0 Å². The molecule has 1 unspecified atom stereocenters. The lowest BCUT2D eigenvalue weighted by Gasteiger charge is -2.07. The Kier molecular flexibility index (Phi) is 3.95. The van der Waals surface area contributed by atoms with Crippen LogP contribution >= 0.6 is 15.9 Å². The summed E-state index contributed by atoms with van der Waals surface area (Å²) in [6, 6.07) is 0.844. The van der Waals surface area contributed by atoms with Gasteiger partial charge >= 0.3 is 12.1 Å². The highest BCUT2D eigenvalue weighted by Gasteiger charge is 2.33. The van der Waals surface area contributed by atoms with Gasteiger partial charge in [0.25, 0.3) is 0 Å². The first-order valence-electron chi connectivity index (χ1n) is 4.17. The van der Waals surface area contributed by atoms with E-state index in [0.717, 1.165) is 16.9 Å². The van der Waals surface area contributed by atoms with Crippen LogP contribution in [0, 0.1) is 0 Å². The Morgan fingerprint density at radius 2 is 2.31 bits per heavy atom. The van der Waals surface area contributed by atoms with Gasteiger partial charge in [0.15, 0.2) is 5.69 Å². The minimum atomic E-state index is -4.47. The van der Waals surface area contributed by atoms with E-state index in [2.05, 4.69) is 25.8 Å². The van der Waals surface area contributed by atoms with Crippen LogP contribution in [0.15, 0.2) is 12.3 Å². The Morgan fingerprint density at radius 3 is 2.75 bits per heavy atom. The number of carbonyl (C=O) groups is 1. The van der Waals surface area contributed by atoms with Crippen LogP contribution in [0.2, 0.25) is 0 Å². The zero-order valence-corrected chi connectivity index (χ0v) is 9.75. The van der Waals surface area contributed by atoms with Crippen LogP contribution in [0.3, 0.4) is 0 Å². The molecule has 0 bridgehead atoms. The summed E-state index contributed by atoms with van der Waals surface area (Å²) >= 11 is 2.98. The highest BCUT2D eigenvalue weighted by atomic mass is 79.9. The number of halogens is 4. The first-order valence-corrected chi connectivity index (χ1v) is 5.08. The summed E-state index contributed by atoms with van der Waals surface area (Å²) in [5.74, 6) is -0.566. The lowest BCUT2D eigenvalue weighted by atomic mass is 10.4. The third-order valence-electron chi connectivity index (χ3n) is 1.74. The number of hydrogen-bond acceptors (Lipinski definition) is 3. The molecular formula is C8H8BrF3N2O2. The van der Waals surface area contributed by atoms with E-state index < -0.39 is 22.7 Å². The van der Waals surface area contributed by atoms with Gasteiger partial charge in [0.1, 0.15) is 4.83 Å². The predicted molar refractivity (Wildman–Crippen MR) is 52.0 cm³/mol. The summed E-state index contributed by atoms with van der Waals surface area (Å²) in [4.78, 5) is 10.3. The molecule has 8 heteroatoms. The van der Waals surface area contributed by atoms with Crippen LogP contribution in [-0.2, 0) is 22.3 Å². The van der Waals surface area contributed by atoms with Gasteiger partial charge in [-0.2, -0.15) is 18.3 Å². The quantitative estimate of drug-likeness (QED) is 0.632. The van der Waals surface area contributed by atoms with Gasteiger partial charge in [-0.15, -0.1) is 0 Å². The van der Waals surface area contributed by atoms with Gasteiger partial charge in [-0.3, -0.25) is 9.48 Å². The molecule has 0 saturated carbocycles. The second kappa shape index (κ2) is 4.86. The summed E-state index contributed by atoms with van der Waals surface area (Å²) in [5, 5.41) is 3.29. The van der Waals surface area contributed by atoms with Crippen molar-refractivity contribution in [1.29, 1.82) is 0 Å². The molecule has 1 atom stereocenters. The van der Waals surface area contributed by atoms with E-state index in [0.29, 0.717) is 0 Å². The number of rotatable bonds is 3. The maximum Gasteiger partial charge on any atom is 0.435 e. The molecule has 0 aliphatic carbocycles. The highest BCUT2D eigenvalue weighted by Crippen LogP contribution is 2.27. The number of nitrogens with zero attached hydrogens (tertiary/aromatic N) is 2.